The van der Waals surface area contributed by atoms with Crippen LogP contribution in [-0.2, 0) is 19.4 Å². The number of carbonyl (C=O) groups is 2. The molecular formula is C10H18N2O5S. The van der Waals surface area contributed by atoms with Gasteiger partial charge in [-0.1, -0.05) is 0 Å². The summed E-state index contributed by atoms with van der Waals surface area (Å²) in [6, 6.07) is 0. The van der Waals surface area contributed by atoms with Gasteiger partial charge in [0.25, 0.3) is 0 Å². The molecule has 18 heavy (non-hydrogen) atoms. The average Bonchev–Trinajstić information content (AvgIpc) is 2.26. The Morgan fingerprint density at radius 1 is 1.22 bits per heavy atom. The van der Waals surface area contributed by atoms with E-state index in [0.717, 1.165) is 6.26 Å². The van der Waals surface area contributed by atoms with Crippen molar-refractivity contribution in [3.8, 4) is 0 Å². The van der Waals surface area contributed by atoms with Gasteiger partial charge in [-0.2, -0.15) is 0 Å². The fourth-order valence-electron chi connectivity index (χ4n) is 1.76. The van der Waals surface area contributed by atoms with Crippen molar-refractivity contribution in [3.63, 3.8) is 0 Å². The van der Waals surface area contributed by atoms with Gasteiger partial charge in [0, 0.05) is 32.4 Å². The Hall–Kier alpha value is -1.15. The number of nitrogens with zero attached hydrogens (tertiary/aromatic N) is 2. The smallest absolute Gasteiger partial charge is 0.317 e. The first kappa shape index (κ1) is 14.9. The third kappa shape index (κ3) is 3.95. The molecule has 8 heteroatoms. The molecule has 0 radical (unpaired) electrons. The number of amides is 1. The molecule has 1 atom stereocenters. The van der Waals surface area contributed by atoms with Gasteiger partial charge in [0.1, 0.15) is 5.25 Å². The van der Waals surface area contributed by atoms with Gasteiger partial charge in [0.2, 0.25) is 5.91 Å². The van der Waals surface area contributed by atoms with E-state index < -0.39 is 27.0 Å². The van der Waals surface area contributed by atoms with Crippen molar-refractivity contribution in [2.45, 2.75) is 12.2 Å². The largest absolute Gasteiger partial charge is 0.480 e. The number of rotatable bonds is 4. The molecular weight excluding hydrogens is 260 g/mol. The average molecular weight is 278 g/mol. The molecule has 1 aliphatic rings. The third-order valence-electron chi connectivity index (χ3n) is 3.03. The topological polar surface area (TPSA) is 95.0 Å². The molecule has 1 fully saturated rings. The normalized spacial score (nSPS) is 19.6. The maximum atomic E-state index is 11.9. The maximum absolute atomic E-state index is 11.9. The summed E-state index contributed by atoms with van der Waals surface area (Å²) >= 11 is 0. The van der Waals surface area contributed by atoms with E-state index in [1.54, 1.807) is 4.90 Å². The molecule has 1 amide bonds. The highest BCUT2D eigenvalue weighted by Gasteiger charge is 2.30. The van der Waals surface area contributed by atoms with Gasteiger partial charge in [0.15, 0.2) is 9.84 Å². The second kappa shape index (κ2) is 5.66. The van der Waals surface area contributed by atoms with Crippen molar-refractivity contribution in [2.75, 3.05) is 39.0 Å². The molecule has 1 N–H and O–H groups in total. The van der Waals surface area contributed by atoms with Crippen LogP contribution in [0.1, 0.15) is 6.92 Å². The minimum atomic E-state index is -3.38. The summed E-state index contributed by atoms with van der Waals surface area (Å²) in [5, 5.41) is 7.60. The molecule has 1 heterocycles. The molecule has 104 valence electrons. The van der Waals surface area contributed by atoms with Gasteiger partial charge < -0.3 is 10.0 Å². The summed E-state index contributed by atoms with van der Waals surface area (Å²) in [5.41, 5.74) is 0. The highest BCUT2D eigenvalue weighted by molar-refractivity contribution is 7.92. The number of piperazine rings is 1. The first-order valence-electron chi connectivity index (χ1n) is 5.63. The van der Waals surface area contributed by atoms with E-state index >= 15 is 0 Å². The summed E-state index contributed by atoms with van der Waals surface area (Å²) in [5.74, 6) is -1.31. The summed E-state index contributed by atoms with van der Waals surface area (Å²) in [4.78, 5) is 25.6. The van der Waals surface area contributed by atoms with E-state index in [0.29, 0.717) is 26.2 Å². The van der Waals surface area contributed by atoms with Crippen LogP contribution in [-0.4, -0.2) is 79.4 Å². The van der Waals surface area contributed by atoms with Crippen LogP contribution in [0.25, 0.3) is 0 Å². The van der Waals surface area contributed by atoms with E-state index in [9.17, 15) is 18.0 Å². The Kier molecular flexibility index (Phi) is 4.69. The first-order chi connectivity index (χ1) is 8.21. The lowest BCUT2D eigenvalue weighted by Gasteiger charge is -2.34. The predicted molar refractivity (Wildman–Crippen MR) is 65.0 cm³/mol. The van der Waals surface area contributed by atoms with E-state index in [2.05, 4.69) is 0 Å². The molecule has 0 spiro atoms. The molecule has 7 nitrogen and oxygen atoms in total. The van der Waals surface area contributed by atoms with Gasteiger partial charge in [-0.3, -0.25) is 14.5 Å². The number of hydrogen-bond donors (Lipinski definition) is 1. The van der Waals surface area contributed by atoms with Crippen molar-refractivity contribution in [3.05, 3.63) is 0 Å². The predicted octanol–water partition coefficient (Wildman–Crippen LogP) is -1.35. The van der Waals surface area contributed by atoms with Crippen LogP contribution < -0.4 is 0 Å². The van der Waals surface area contributed by atoms with Crippen LogP contribution in [0.5, 0.6) is 0 Å². The Labute approximate surface area is 106 Å². The number of sulfone groups is 1. The fourth-order valence-corrected chi connectivity index (χ4v) is 2.27. The van der Waals surface area contributed by atoms with Gasteiger partial charge in [-0.05, 0) is 6.92 Å². The van der Waals surface area contributed by atoms with Crippen LogP contribution in [0, 0.1) is 0 Å². The van der Waals surface area contributed by atoms with Gasteiger partial charge in [0.05, 0.1) is 6.54 Å². The Morgan fingerprint density at radius 2 is 1.72 bits per heavy atom. The molecule has 0 aliphatic carbocycles. The second-order valence-corrected chi connectivity index (χ2v) is 6.83. The molecule has 1 unspecified atom stereocenters. The van der Waals surface area contributed by atoms with Gasteiger partial charge in [-0.15, -0.1) is 0 Å². The lowest BCUT2D eigenvalue weighted by molar-refractivity contribution is -0.139. The van der Waals surface area contributed by atoms with Gasteiger partial charge in [-0.25, -0.2) is 8.42 Å². The molecule has 0 saturated carbocycles. The quantitative estimate of drug-likeness (QED) is 0.683. The minimum Gasteiger partial charge on any atom is -0.480 e. The monoisotopic (exact) mass is 278 g/mol. The number of hydrogen-bond acceptors (Lipinski definition) is 5. The number of carboxylic acids is 1. The van der Waals surface area contributed by atoms with Gasteiger partial charge >= 0.3 is 5.97 Å². The lowest BCUT2D eigenvalue weighted by Crippen LogP contribution is -2.52. The zero-order valence-electron chi connectivity index (χ0n) is 10.5. The number of carbonyl (C=O) groups excluding carboxylic acids is 1. The van der Waals surface area contributed by atoms with Crippen LogP contribution in [0.4, 0.5) is 0 Å². The molecule has 0 aromatic heterocycles. The molecule has 0 bridgehead atoms. The van der Waals surface area contributed by atoms with Crippen molar-refractivity contribution in [2.24, 2.45) is 0 Å². The van der Waals surface area contributed by atoms with Crippen molar-refractivity contribution >= 4 is 21.7 Å². The van der Waals surface area contributed by atoms with Crippen LogP contribution in [0.3, 0.4) is 0 Å². The van der Waals surface area contributed by atoms with Crippen LogP contribution in [0.15, 0.2) is 0 Å². The second-order valence-electron chi connectivity index (χ2n) is 4.47. The van der Waals surface area contributed by atoms with Crippen molar-refractivity contribution in [1.29, 1.82) is 0 Å². The highest BCUT2D eigenvalue weighted by atomic mass is 32.2. The summed E-state index contributed by atoms with van der Waals surface area (Å²) in [6.45, 7) is 2.96. The van der Waals surface area contributed by atoms with Crippen molar-refractivity contribution in [1.82, 2.24) is 9.80 Å². The summed E-state index contributed by atoms with van der Waals surface area (Å²) in [6.07, 6.45) is 1.04. The summed E-state index contributed by atoms with van der Waals surface area (Å²) in [7, 11) is -3.38. The summed E-state index contributed by atoms with van der Waals surface area (Å²) < 4.78 is 22.6. The Morgan fingerprint density at radius 3 is 2.11 bits per heavy atom. The molecule has 0 aromatic rings. The van der Waals surface area contributed by atoms with E-state index in [-0.39, 0.29) is 6.54 Å². The zero-order chi connectivity index (χ0) is 13.9. The molecule has 1 rings (SSSR count). The first-order valence-corrected chi connectivity index (χ1v) is 7.59. The number of carboxylic acid groups (broad SMARTS) is 1. The fraction of sp³-hybridized carbons (Fsp3) is 0.800. The molecule has 0 aromatic carbocycles. The third-order valence-corrected chi connectivity index (χ3v) is 4.52. The van der Waals surface area contributed by atoms with E-state index in [1.807, 2.05) is 0 Å². The Balaban J connectivity index is 2.53. The zero-order valence-corrected chi connectivity index (χ0v) is 11.3. The number of aliphatic carboxylic acids is 1. The molecule has 1 aliphatic heterocycles. The standard InChI is InChI=1S/C10H18N2O5S/c1-8(18(2,16)17)10(15)12-5-3-11(4-6-12)7-9(13)14/h8H,3-7H2,1-2H3,(H,13,14). The van der Waals surface area contributed by atoms with Crippen molar-refractivity contribution < 1.29 is 23.1 Å². The SMILES string of the molecule is CC(C(=O)N1CCN(CC(=O)O)CC1)S(C)(=O)=O. The Bertz CT molecular complexity index is 426. The molecule has 1 saturated heterocycles. The maximum Gasteiger partial charge on any atom is 0.317 e. The highest BCUT2D eigenvalue weighted by Crippen LogP contribution is 2.08. The lowest BCUT2D eigenvalue weighted by atomic mass is 10.3. The van der Waals surface area contributed by atoms with E-state index in [1.165, 1.54) is 11.8 Å². The van der Waals surface area contributed by atoms with Crippen LogP contribution in [0.2, 0.25) is 0 Å². The van der Waals surface area contributed by atoms with E-state index in [4.69, 9.17) is 5.11 Å². The van der Waals surface area contributed by atoms with Crippen LogP contribution >= 0.6 is 0 Å². The minimum absolute atomic E-state index is 0.0519.